The van der Waals surface area contributed by atoms with Crippen molar-refractivity contribution in [3.63, 3.8) is 0 Å². The molecule has 0 amide bonds. The molecule has 17 heavy (non-hydrogen) atoms. The Labute approximate surface area is 160 Å². The van der Waals surface area contributed by atoms with Gasteiger partial charge in [0.15, 0.2) is 0 Å². The quantitative estimate of drug-likeness (QED) is 0.217. The minimum absolute atomic E-state index is 0. The molecule has 0 aliphatic carbocycles. The summed E-state index contributed by atoms with van der Waals surface area (Å²) in [6.07, 6.45) is 0. The Morgan fingerprint density at radius 3 is 0.706 bits per heavy atom. The predicted molar refractivity (Wildman–Crippen MR) is 56.3 cm³/mol. The summed E-state index contributed by atoms with van der Waals surface area (Å²) in [6, 6.07) is 0. The molecular formula is H17AsNa2O12SeV. The predicted octanol–water partition coefficient (Wildman–Crippen LogP) is -9.21. The Hall–Kier alpha value is 2.86. The van der Waals surface area contributed by atoms with Crippen LogP contribution in [0, 0.1) is 0 Å². The van der Waals surface area contributed by atoms with Gasteiger partial charge in [-0.3, -0.25) is 0 Å². The molecule has 0 rings (SSSR count). The van der Waals surface area contributed by atoms with Crippen molar-refractivity contribution in [2.45, 2.75) is 0 Å². The molecule has 0 bridgehead atoms. The molecule has 0 aromatic heterocycles. The van der Waals surface area contributed by atoms with Crippen molar-refractivity contribution in [1.29, 1.82) is 0 Å². The SMILES string of the molecule is O.O.O.O.O.O=[Se](=O)(O)O.O[As](O)O.[NaH].[NaH].[V]. The van der Waals surface area contributed by atoms with Crippen LogP contribution in [0.15, 0.2) is 0 Å². The van der Waals surface area contributed by atoms with Gasteiger partial charge in [0.2, 0.25) is 0 Å². The third-order valence-corrected chi connectivity index (χ3v) is 0. The van der Waals surface area contributed by atoms with Crippen molar-refractivity contribution in [3.05, 3.63) is 0 Å². The summed E-state index contributed by atoms with van der Waals surface area (Å²) < 4.78 is 53.8. The fraction of sp³-hybridized carbons (Fsp3) is 0. The van der Waals surface area contributed by atoms with Crippen LogP contribution < -0.4 is 0 Å². The molecule has 0 aliphatic heterocycles. The van der Waals surface area contributed by atoms with Gasteiger partial charge >= 0.3 is 116 Å². The first kappa shape index (κ1) is 72.7. The van der Waals surface area contributed by atoms with Crippen molar-refractivity contribution in [3.8, 4) is 0 Å². The Morgan fingerprint density at radius 1 is 0.706 bits per heavy atom. The first-order valence-electron chi connectivity index (χ1n) is 1.30. The summed E-state index contributed by atoms with van der Waals surface area (Å²) in [4.78, 5) is 0. The second kappa shape index (κ2) is 42.8. The van der Waals surface area contributed by atoms with Gasteiger partial charge < -0.3 is 27.4 Å². The van der Waals surface area contributed by atoms with Gasteiger partial charge in [-0.05, 0) is 0 Å². The molecule has 0 aliphatic rings. The second-order valence-electron chi connectivity index (χ2n) is 0.716. The molecule has 0 fully saturated rings. The zero-order valence-electron chi connectivity index (χ0n) is 6.86. The molecule has 0 atom stereocenters. The minimum atomic E-state index is -5.25. The van der Waals surface area contributed by atoms with E-state index in [2.05, 4.69) is 0 Å². The molecule has 12 nitrogen and oxygen atoms in total. The number of hydrogen-bond acceptors (Lipinski definition) is 5. The summed E-state index contributed by atoms with van der Waals surface area (Å²) in [7, 11) is 0. The van der Waals surface area contributed by atoms with Crippen LogP contribution in [0.5, 0.6) is 0 Å². The largest absolute Gasteiger partial charge is 0 e. The smallest absolute Gasteiger partial charge is 0 e. The van der Waals surface area contributed by atoms with E-state index in [1.165, 1.54) is 0 Å². The van der Waals surface area contributed by atoms with Crippen molar-refractivity contribution in [2.75, 3.05) is 0 Å². The van der Waals surface area contributed by atoms with Gasteiger partial charge in [0.1, 0.15) is 0 Å². The van der Waals surface area contributed by atoms with E-state index in [9.17, 15) is 0 Å². The average molecular weight is 460 g/mol. The van der Waals surface area contributed by atoms with Gasteiger partial charge in [-0.25, -0.2) is 0 Å². The van der Waals surface area contributed by atoms with Gasteiger partial charge in [0.25, 0.3) is 0 Å². The van der Waals surface area contributed by atoms with Crippen molar-refractivity contribution < 1.29 is 74.3 Å². The first-order valence-corrected chi connectivity index (χ1v) is 6.75. The van der Waals surface area contributed by atoms with E-state index in [0.29, 0.717) is 0 Å². The molecular weight excluding hydrogens is 443 g/mol. The zero-order chi connectivity index (χ0) is 8.08. The summed E-state index contributed by atoms with van der Waals surface area (Å²) >= 11 is -8.44. The van der Waals surface area contributed by atoms with Crippen LogP contribution in [0.3, 0.4) is 0 Å². The maximum Gasteiger partial charge on any atom is 0 e. The number of hydrogen-bond donors (Lipinski definition) is 5. The standard InChI is InChI=1S/AsH3O3.2Na.H2O4Se.5H2O.V.2H/c2-1(3)4;;;1-5(2,3)4;;;;;;;;/h2-4H;;;(H2,1,2,3,4);5*1H2;;;. The fourth-order valence-corrected chi connectivity index (χ4v) is 0. The van der Waals surface area contributed by atoms with Crippen LogP contribution in [0.2, 0.25) is 0 Å². The first-order chi connectivity index (χ1) is 3.73. The number of rotatable bonds is 0. The van der Waals surface area contributed by atoms with Crippen molar-refractivity contribution in [2.24, 2.45) is 0 Å². The normalized spacial score (nSPS) is 5.53. The molecule has 107 valence electrons. The van der Waals surface area contributed by atoms with Gasteiger partial charge in [-0.2, -0.15) is 0 Å². The van der Waals surface area contributed by atoms with Gasteiger partial charge in [0, 0.05) is 18.6 Å². The molecule has 0 aromatic rings. The van der Waals surface area contributed by atoms with Crippen LogP contribution in [-0.2, 0) is 26.2 Å². The van der Waals surface area contributed by atoms with Gasteiger partial charge in [-0.15, -0.1) is 0 Å². The molecule has 15 N–H and O–H groups in total. The third-order valence-electron chi connectivity index (χ3n) is 0. The van der Waals surface area contributed by atoms with Crippen LogP contribution in [0.25, 0.3) is 0 Å². The fourth-order valence-electron chi connectivity index (χ4n) is 0. The van der Waals surface area contributed by atoms with Crippen LogP contribution in [0.1, 0.15) is 0 Å². The molecule has 0 unspecified atom stereocenters. The van der Waals surface area contributed by atoms with Gasteiger partial charge in [0.05, 0.1) is 0 Å². The Morgan fingerprint density at radius 2 is 0.706 bits per heavy atom. The maximum atomic E-state index is 8.82. The van der Waals surface area contributed by atoms with E-state index in [1.54, 1.807) is 0 Å². The summed E-state index contributed by atoms with van der Waals surface area (Å²) in [5, 5.41) is 0. The molecule has 0 aromatic carbocycles. The minimum Gasteiger partial charge on any atom is 0 e. The molecule has 0 heterocycles. The van der Waals surface area contributed by atoms with E-state index in [1.807, 2.05) is 0 Å². The van der Waals surface area contributed by atoms with E-state index < -0.39 is 29.0 Å². The molecule has 0 saturated heterocycles. The monoisotopic (exact) mass is 461 g/mol. The van der Waals surface area contributed by atoms with Crippen LogP contribution in [0.4, 0.5) is 0 Å². The summed E-state index contributed by atoms with van der Waals surface area (Å²) in [5.74, 6) is 0. The van der Waals surface area contributed by atoms with E-state index in [0.717, 1.165) is 0 Å². The summed E-state index contributed by atoms with van der Waals surface area (Å²) in [5.41, 5.74) is 0. The Bertz CT molecular complexity index is 136. The Kier molecular flexibility index (Phi) is 183. The summed E-state index contributed by atoms with van der Waals surface area (Å²) in [6.45, 7) is 0. The molecule has 1 radical (unpaired) electrons. The van der Waals surface area contributed by atoms with E-state index in [-0.39, 0.29) is 105 Å². The maximum absolute atomic E-state index is 8.82. The van der Waals surface area contributed by atoms with Crippen LogP contribution >= 0.6 is 0 Å². The molecule has 17 heteroatoms. The zero-order valence-corrected chi connectivity index (χ0v) is 11.8. The third kappa shape index (κ3) is 655. The van der Waals surface area contributed by atoms with Crippen LogP contribution in [-0.4, -0.2) is 136 Å². The molecule has 0 saturated carbocycles. The van der Waals surface area contributed by atoms with Gasteiger partial charge in [-0.1, -0.05) is 0 Å². The molecule has 0 spiro atoms. The van der Waals surface area contributed by atoms with Crippen molar-refractivity contribution >= 4 is 88.2 Å². The average Bonchev–Trinajstić information content (AvgIpc) is 1.19. The topological polar surface area (TPSA) is 293 Å². The van der Waals surface area contributed by atoms with Crippen molar-refractivity contribution in [1.82, 2.24) is 0 Å². The van der Waals surface area contributed by atoms with E-state index in [4.69, 9.17) is 28.3 Å². The Balaban J connectivity index is -0.00000000494. The van der Waals surface area contributed by atoms with E-state index >= 15 is 0 Å². The second-order valence-corrected chi connectivity index (χ2v) is 3.72.